The highest BCUT2D eigenvalue weighted by Crippen LogP contribution is 2.36. The zero-order valence-electron chi connectivity index (χ0n) is 15.3. The lowest BCUT2D eigenvalue weighted by molar-refractivity contribution is 0.0981. The molecule has 3 N–H and O–H groups in total. The molecule has 3 heterocycles. The molecule has 0 saturated heterocycles. The number of nitrogens with one attached hydrogen (secondary N) is 3. The summed E-state index contributed by atoms with van der Waals surface area (Å²) in [5.41, 5.74) is 1.92. The molecule has 2 atom stereocenters. The average molecular weight is 369 g/mol. The number of amides is 1. The van der Waals surface area contributed by atoms with Crippen molar-refractivity contribution in [2.45, 2.75) is 51.2 Å². The molecule has 1 saturated carbocycles. The average Bonchev–Trinajstić information content (AvgIpc) is 3.33. The number of hydrogen-bond acceptors (Lipinski definition) is 6. The largest absolute Gasteiger partial charge is 0.446 e. The van der Waals surface area contributed by atoms with Crippen LogP contribution in [0.5, 0.6) is 0 Å². The van der Waals surface area contributed by atoms with Crippen LogP contribution in [-0.4, -0.2) is 43.0 Å². The molecule has 3 aromatic rings. The van der Waals surface area contributed by atoms with Crippen molar-refractivity contribution >= 4 is 23.2 Å². The lowest BCUT2D eigenvalue weighted by Gasteiger charge is -2.14. The number of nitrogens with zero attached hydrogens (tertiary/aromatic N) is 4. The van der Waals surface area contributed by atoms with E-state index in [1.54, 1.807) is 23.1 Å². The predicted octanol–water partition coefficient (Wildman–Crippen LogP) is 2.97. The highest BCUT2D eigenvalue weighted by molar-refractivity contribution is 5.71. The number of hydrogen-bond donors (Lipinski definition) is 3. The maximum atomic E-state index is 11.8. The molecule has 1 aliphatic rings. The van der Waals surface area contributed by atoms with Crippen LogP contribution in [0.1, 0.15) is 44.7 Å². The Morgan fingerprint density at radius 1 is 1.37 bits per heavy atom. The highest BCUT2D eigenvalue weighted by atomic mass is 16.6. The van der Waals surface area contributed by atoms with E-state index in [4.69, 9.17) is 4.74 Å². The van der Waals surface area contributed by atoms with E-state index >= 15 is 0 Å². The molecule has 0 bridgehead atoms. The third kappa shape index (κ3) is 3.86. The SMILES string of the molecule is CC(C)NC(=O)O[C@H]1CC[C@@H](c2cc(Nc3nccn4nccc34)n[nH]2)C1. The lowest BCUT2D eigenvalue weighted by Crippen LogP contribution is -2.33. The summed E-state index contributed by atoms with van der Waals surface area (Å²) in [6.45, 7) is 3.83. The monoisotopic (exact) mass is 369 g/mol. The fraction of sp³-hybridized carbons (Fsp3) is 0.444. The Kier molecular flexibility index (Phi) is 4.66. The van der Waals surface area contributed by atoms with Gasteiger partial charge in [0.1, 0.15) is 11.6 Å². The second-order valence-corrected chi connectivity index (χ2v) is 7.11. The smallest absolute Gasteiger partial charge is 0.407 e. The van der Waals surface area contributed by atoms with Crippen LogP contribution in [0.3, 0.4) is 0 Å². The van der Waals surface area contributed by atoms with Crippen molar-refractivity contribution in [1.82, 2.24) is 30.1 Å². The van der Waals surface area contributed by atoms with Crippen molar-refractivity contribution in [3.05, 3.63) is 36.4 Å². The fourth-order valence-electron chi connectivity index (χ4n) is 3.44. The van der Waals surface area contributed by atoms with Gasteiger partial charge < -0.3 is 15.4 Å². The van der Waals surface area contributed by atoms with Gasteiger partial charge in [-0.1, -0.05) is 0 Å². The first-order chi connectivity index (χ1) is 13.1. The van der Waals surface area contributed by atoms with Crippen molar-refractivity contribution in [2.24, 2.45) is 0 Å². The Balaban J connectivity index is 1.38. The first-order valence-corrected chi connectivity index (χ1v) is 9.16. The Bertz CT molecular complexity index is 933. The summed E-state index contributed by atoms with van der Waals surface area (Å²) in [6.07, 6.45) is 7.42. The number of carbonyl (C=O) groups is 1. The summed E-state index contributed by atoms with van der Waals surface area (Å²) >= 11 is 0. The Morgan fingerprint density at radius 3 is 3.11 bits per heavy atom. The molecule has 0 aromatic carbocycles. The van der Waals surface area contributed by atoms with Gasteiger partial charge in [0.2, 0.25) is 0 Å². The zero-order valence-corrected chi connectivity index (χ0v) is 15.3. The van der Waals surface area contributed by atoms with Crippen LogP contribution in [0, 0.1) is 0 Å². The molecule has 0 aliphatic heterocycles. The van der Waals surface area contributed by atoms with E-state index in [9.17, 15) is 4.79 Å². The van der Waals surface area contributed by atoms with Gasteiger partial charge in [0, 0.05) is 36.1 Å². The zero-order chi connectivity index (χ0) is 18.8. The number of anilines is 2. The standard InChI is InChI=1S/C18H23N7O2/c1-11(2)21-18(26)27-13-4-3-12(9-13)14-10-16(24-23-14)22-17-15-5-6-20-25(15)8-7-19-17/h5-8,10-13H,3-4,9H2,1-2H3,(H,21,26)(H2,19,22,23,24)/t12-,13+/m1/s1. The van der Waals surface area contributed by atoms with Crippen molar-refractivity contribution < 1.29 is 9.53 Å². The summed E-state index contributed by atoms with van der Waals surface area (Å²) in [6, 6.07) is 3.96. The van der Waals surface area contributed by atoms with Crippen LogP contribution in [0.25, 0.3) is 5.52 Å². The Morgan fingerprint density at radius 2 is 2.26 bits per heavy atom. The van der Waals surface area contributed by atoms with Gasteiger partial charge in [0.25, 0.3) is 0 Å². The van der Waals surface area contributed by atoms with Gasteiger partial charge in [-0.15, -0.1) is 0 Å². The minimum atomic E-state index is -0.345. The third-order valence-electron chi connectivity index (χ3n) is 4.67. The minimum Gasteiger partial charge on any atom is -0.446 e. The van der Waals surface area contributed by atoms with Gasteiger partial charge in [-0.3, -0.25) is 5.10 Å². The van der Waals surface area contributed by atoms with Crippen LogP contribution in [-0.2, 0) is 4.74 Å². The van der Waals surface area contributed by atoms with E-state index in [1.807, 2.05) is 26.0 Å². The molecule has 0 radical (unpaired) electrons. The van der Waals surface area contributed by atoms with Crippen LogP contribution < -0.4 is 10.6 Å². The van der Waals surface area contributed by atoms with Gasteiger partial charge in [-0.25, -0.2) is 14.3 Å². The molecule has 1 fully saturated rings. The molecule has 0 unspecified atom stereocenters. The maximum absolute atomic E-state index is 11.8. The molecule has 1 aliphatic carbocycles. The molecule has 9 heteroatoms. The van der Waals surface area contributed by atoms with E-state index in [0.29, 0.717) is 17.6 Å². The number of alkyl carbamates (subject to hydrolysis) is 1. The summed E-state index contributed by atoms with van der Waals surface area (Å²) in [5, 5.41) is 17.6. The van der Waals surface area contributed by atoms with Gasteiger partial charge in [-0.2, -0.15) is 10.2 Å². The predicted molar refractivity (Wildman–Crippen MR) is 100.0 cm³/mol. The molecule has 4 rings (SSSR count). The fourth-order valence-corrected chi connectivity index (χ4v) is 3.44. The number of carbonyl (C=O) groups excluding carboxylic acids is 1. The molecule has 0 spiro atoms. The number of aromatic amines is 1. The van der Waals surface area contributed by atoms with Gasteiger partial charge >= 0.3 is 6.09 Å². The van der Waals surface area contributed by atoms with Gasteiger partial charge in [0.05, 0.1) is 6.20 Å². The molecule has 27 heavy (non-hydrogen) atoms. The highest BCUT2D eigenvalue weighted by Gasteiger charge is 2.30. The Labute approximate surface area is 156 Å². The lowest BCUT2D eigenvalue weighted by atomic mass is 10.0. The van der Waals surface area contributed by atoms with E-state index in [2.05, 4.69) is 30.9 Å². The topological polar surface area (TPSA) is 109 Å². The number of rotatable bonds is 5. The summed E-state index contributed by atoms with van der Waals surface area (Å²) in [5.74, 6) is 1.70. The van der Waals surface area contributed by atoms with Crippen molar-refractivity contribution in [1.29, 1.82) is 0 Å². The molecular formula is C18H23N7O2. The molecule has 142 valence electrons. The Hall–Kier alpha value is -3.10. The van der Waals surface area contributed by atoms with E-state index in [1.165, 1.54) is 0 Å². The summed E-state index contributed by atoms with van der Waals surface area (Å²) in [7, 11) is 0. The van der Waals surface area contributed by atoms with E-state index < -0.39 is 0 Å². The normalized spacial score (nSPS) is 19.5. The van der Waals surface area contributed by atoms with Crippen LogP contribution in [0.4, 0.5) is 16.4 Å². The second kappa shape index (κ2) is 7.26. The van der Waals surface area contributed by atoms with Crippen molar-refractivity contribution in [3.8, 4) is 0 Å². The molecule has 1 amide bonds. The van der Waals surface area contributed by atoms with Crippen molar-refractivity contribution in [2.75, 3.05) is 5.32 Å². The number of H-pyrrole nitrogens is 1. The quantitative estimate of drug-likeness (QED) is 0.638. The van der Waals surface area contributed by atoms with E-state index in [-0.39, 0.29) is 18.2 Å². The molecular weight excluding hydrogens is 346 g/mol. The third-order valence-corrected chi connectivity index (χ3v) is 4.67. The van der Waals surface area contributed by atoms with Crippen LogP contribution >= 0.6 is 0 Å². The first-order valence-electron chi connectivity index (χ1n) is 9.16. The summed E-state index contributed by atoms with van der Waals surface area (Å²) < 4.78 is 7.25. The van der Waals surface area contributed by atoms with Crippen LogP contribution in [0.15, 0.2) is 30.7 Å². The number of ether oxygens (including phenoxy) is 1. The van der Waals surface area contributed by atoms with Crippen molar-refractivity contribution in [3.63, 3.8) is 0 Å². The van der Waals surface area contributed by atoms with Gasteiger partial charge in [0.15, 0.2) is 11.6 Å². The second-order valence-electron chi connectivity index (χ2n) is 7.11. The maximum Gasteiger partial charge on any atom is 0.407 e. The minimum absolute atomic E-state index is 0.0596. The number of fused-ring (bicyclic) bond motifs is 1. The molecule has 3 aromatic heterocycles. The van der Waals surface area contributed by atoms with Gasteiger partial charge in [-0.05, 0) is 39.2 Å². The molecule has 9 nitrogen and oxygen atoms in total. The number of aromatic nitrogens is 5. The summed E-state index contributed by atoms with van der Waals surface area (Å²) in [4.78, 5) is 16.1. The first kappa shape index (κ1) is 17.3. The van der Waals surface area contributed by atoms with E-state index in [0.717, 1.165) is 30.5 Å². The van der Waals surface area contributed by atoms with Crippen LogP contribution in [0.2, 0.25) is 0 Å².